The molecule has 1 atom stereocenters. The highest BCUT2D eigenvalue weighted by Crippen LogP contribution is 2.29. The Morgan fingerprint density at radius 3 is 2.41 bits per heavy atom. The highest BCUT2D eigenvalue weighted by atomic mass is 35.5. The first-order valence-corrected chi connectivity index (χ1v) is 7.37. The molecule has 1 aliphatic heterocycles. The van der Waals surface area contributed by atoms with Crippen molar-refractivity contribution in [1.82, 2.24) is 0 Å². The number of benzene rings is 2. The van der Waals surface area contributed by atoms with Crippen LogP contribution in [0.15, 0.2) is 54.9 Å². The van der Waals surface area contributed by atoms with Gasteiger partial charge in [-0.15, -0.1) is 0 Å². The lowest BCUT2D eigenvalue weighted by Crippen LogP contribution is -2.34. The van der Waals surface area contributed by atoms with Crippen molar-refractivity contribution >= 4 is 17.3 Å². The molecule has 2 aromatic rings. The van der Waals surface area contributed by atoms with Gasteiger partial charge in [0.05, 0.1) is 13.2 Å². The van der Waals surface area contributed by atoms with Crippen LogP contribution in [-0.2, 0) is 0 Å². The second-order valence-corrected chi connectivity index (χ2v) is 6.00. The Hall–Kier alpha value is -2.01. The predicted molar refractivity (Wildman–Crippen MR) is 88.7 cm³/mol. The van der Waals surface area contributed by atoms with E-state index in [-0.39, 0.29) is 4.65 Å². The van der Waals surface area contributed by atoms with Crippen molar-refractivity contribution in [1.29, 1.82) is 0 Å². The number of anilines is 1. The summed E-state index contributed by atoms with van der Waals surface area (Å²) >= 11 is 6.09. The molecule has 2 aromatic carbocycles. The summed E-state index contributed by atoms with van der Waals surface area (Å²) in [5, 5.41) is 12.5. The summed E-state index contributed by atoms with van der Waals surface area (Å²) in [5.41, 5.74) is 1.98. The van der Waals surface area contributed by atoms with Gasteiger partial charge in [-0.05, 0) is 48.9 Å². The number of ether oxygens (including phenoxy) is 1. The average Bonchev–Trinajstić information content (AvgIpc) is 2.84. The van der Waals surface area contributed by atoms with E-state index in [9.17, 15) is 5.21 Å². The highest BCUT2D eigenvalue weighted by Gasteiger charge is 2.19. The number of quaternary nitrogens is 1. The van der Waals surface area contributed by atoms with Crippen LogP contribution in [-0.4, -0.2) is 18.4 Å². The summed E-state index contributed by atoms with van der Waals surface area (Å²) < 4.78 is 5.40. The van der Waals surface area contributed by atoms with Gasteiger partial charge in [-0.1, -0.05) is 17.7 Å². The highest BCUT2D eigenvalue weighted by molar-refractivity contribution is 6.31. The van der Waals surface area contributed by atoms with Gasteiger partial charge in [0.15, 0.2) is 6.67 Å². The van der Waals surface area contributed by atoms with Gasteiger partial charge in [-0.2, -0.15) is 0 Å². The first-order valence-electron chi connectivity index (χ1n) is 6.99. The Morgan fingerprint density at radius 2 is 1.82 bits per heavy atom. The van der Waals surface area contributed by atoms with Gasteiger partial charge in [0.25, 0.3) is 0 Å². The van der Waals surface area contributed by atoms with Gasteiger partial charge in [-0.3, -0.25) is 4.90 Å². The van der Waals surface area contributed by atoms with Gasteiger partial charge in [-0.25, -0.2) is 0 Å². The number of hydrogen-bond donors (Lipinski definition) is 0. The van der Waals surface area contributed by atoms with Crippen molar-refractivity contribution in [2.24, 2.45) is 0 Å². The summed E-state index contributed by atoms with van der Waals surface area (Å²) in [6, 6.07) is 13.2. The molecule has 0 amide bonds. The average molecular weight is 317 g/mol. The number of nitrogens with zero attached hydrogens (tertiary/aromatic N) is 2. The van der Waals surface area contributed by atoms with Gasteiger partial charge in [0.1, 0.15) is 17.7 Å². The minimum absolute atomic E-state index is 0.383. The first kappa shape index (κ1) is 14.9. The number of hydroxylamine groups is 3. The van der Waals surface area contributed by atoms with Crippen molar-refractivity contribution in [3.05, 3.63) is 70.7 Å². The smallest absolute Gasteiger partial charge is 0.162 e. The molecule has 1 aliphatic rings. The SMILES string of the molecule is Cc1ccc(Oc2ccc(N3C=C[N+](C)([O-])C3)cc2)cc1Cl. The lowest BCUT2D eigenvalue weighted by Gasteiger charge is -2.31. The summed E-state index contributed by atoms with van der Waals surface area (Å²) in [6.45, 7) is 2.33. The normalized spacial score (nSPS) is 20.5. The summed E-state index contributed by atoms with van der Waals surface area (Å²) in [5.74, 6) is 1.43. The van der Waals surface area contributed by atoms with Crippen LogP contribution in [0.25, 0.3) is 0 Å². The topological polar surface area (TPSA) is 35.5 Å². The number of rotatable bonds is 3. The Bertz CT molecular complexity index is 711. The Balaban J connectivity index is 1.72. The van der Waals surface area contributed by atoms with Crippen molar-refractivity contribution in [3.63, 3.8) is 0 Å². The molecule has 114 valence electrons. The minimum atomic E-state index is -0.389. The lowest BCUT2D eigenvalue weighted by molar-refractivity contribution is -0.800. The molecule has 0 bridgehead atoms. The molecule has 1 heterocycles. The maximum absolute atomic E-state index is 11.8. The zero-order valence-corrected chi connectivity index (χ0v) is 13.2. The van der Waals surface area contributed by atoms with Crippen LogP contribution < -0.4 is 9.64 Å². The van der Waals surface area contributed by atoms with Crippen LogP contribution in [0.3, 0.4) is 0 Å². The third-order valence-electron chi connectivity index (χ3n) is 3.54. The zero-order valence-electron chi connectivity index (χ0n) is 12.5. The fourth-order valence-electron chi connectivity index (χ4n) is 2.26. The predicted octanol–water partition coefficient (Wildman–Crippen LogP) is 4.63. The lowest BCUT2D eigenvalue weighted by atomic mass is 10.2. The molecule has 0 N–H and O–H groups in total. The Labute approximate surface area is 135 Å². The van der Waals surface area contributed by atoms with Crippen molar-refractivity contribution in [3.8, 4) is 11.5 Å². The van der Waals surface area contributed by atoms with Crippen LogP contribution in [0.2, 0.25) is 5.02 Å². The number of aryl methyl sites for hydroxylation is 1. The van der Waals surface area contributed by atoms with E-state index < -0.39 is 0 Å². The first-order chi connectivity index (χ1) is 10.4. The van der Waals surface area contributed by atoms with Crippen LogP contribution >= 0.6 is 11.6 Å². The molecule has 0 fully saturated rings. The minimum Gasteiger partial charge on any atom is -0.627 e. The number of halogens is 1. The fraction of sp³-hybridized carbons (Fsp3) is 0.176. The molecular formula is C17H17ClN2O2. The summed E-state index contributed by atoms with van der Waals surface area (Å²) in [4.78, 5) is 1.92. The molecule has 0 saturated carbocycles. The van der Waals surface area contributed by atoms with Crippen molar-refractivity contribution in [2.75, 3.05) is 18.6 Å². The molecule has 0 radical (unpaired) electrons. The molecule has 3 rings (SSSR count). The monoisotopic (exact) mass is 316 g/mol. The van der Waals surface area contributed by atoms with Gasteiger partial charge in [0.2, 0.25) is 0 Å². The maximum atomic E-state index is 11.8. The summed E-state index contributed by atoms with van der Waals surface area (Å²) in [6.07, 6.45) is 3.43. The second-order valence-electron chi connectivity index (χ2n) is 5.59. The molecule has 4 nitrogen and oxygen atoms in total. The number of hydrogen-bond acceptors (Lipinski definition) is 3. The zero-order chi connectivity index (χ0) is 15.7. The van der Waals surface area contributed by atoms with Gasteiger partial charge in [0, 0.05) is 10.7 Å². The van der Waals surface area contributed by atoms with E-state index in [2.05, 4.69) is 0 Å². The van der Waals surface area contributed by atoms with Gasteiger partial charge < -0.3 is 14.6 Å². The summed E-state index contributed by atoms with van der Waals surface area (Å²) in [7, 11) is 1.62. The second kappa shape index (κ2) is 5.65. The van der Waals surface area contributed by atoms with E-state index in [1.165, 1.54) is 0 Å². The Kier molecular flexibility index (Phi) is 3.83. The molecule has 1 unspecified atom stereocenters. The molecule has 5 heteroatoms. The van der Waals surface area contributed by atoms with E-state index >= 15 is 0 Å². The maximum Gasteiger partial charge on any atom is 0.162 e. The third kappa shape index (κ3) is 3.25. The van der Waals surface area contributed by atoms with Crippen molar-refractivity contribution in [2.45, 2.75) is 6.92 Å². The molecule has 0 aliphatic carbocycles. The van der Waals surface area contributed by atoms with Crippen molar-refractivity contribution < 1.29 is 9.38 Å². The molecule has 0 saturated heterocycles. The largest absolute Gasteiger partial charge is 0.627 e. The van der Waals surface area contributed by atoms with Gasteiger partial charge >= 0.3 is 0 Å². The van der Waals surface area contributed by atoms with Crippen LogP contribution in [0.5, 0.6) is 11.5 Å². The fourth-order valence-corrected chi connectivity index (χ4v) is 2.44. The third-order valence-corrected chi connectivity index (χ3v) is 3.95. The molecular weight excluding hydrogens is 300 g/mol. The standard InChI is InChI=1S/C17H17ClN2O2/c1-13-3-6-16(11-17(13)18)22-15-7-4-14(5-8-15)19-9-10-20(2,21)12-19/h3-11H,12H2,1-2H3. The quantitative estimate of drug-likeness (QED) is 0.611. The van der Waals surface area contributed by atoms with E-state index in [0.29, 0.717) is 17.4 Å². The van der Waals surface area contributed by atoms with E-state index in [4.69, 9.17) is 16.3 Å². The van der Waals surface area contributed by atoms with Crippen LogP contribution in [0.1, 0.15) is 5.56 Å². The molecule has 0 spiro atoms. The van der Waals surface area contributed by atoms with E-state index in [1.54, 1.807) is 19.3 Å². The Morgan fingerprint density at radius 1 is 1.14 bits per heavy atom. The molecule has 0 aromatic heterocycles. The van der Waals surface area contributed by atoms with E-state index in [1.807, 2.05) is 54.4 Å². The van der Waals surface area contributed by atoms with Crippen LogP contribution in [0.4, 0.5) is 5.69 Å². The molecule has 22 heavy (non-hydrogen) atoms. The van der Waals surface area contributed by atoms with Crippen LogP contribution in [0, 0.1) is 12.1 Å². The van der Waals surface area contributed by atoms with E-state index in [0.717, 1.165) is 17.0 Å².